The van der Waals surface area contributed by atoms with E-state index in [1.54, 1.807) is 12.1 Å². The largest absolute Gasteiger partial charge is 0.478 e. The summed E-state index contributed by atoms with van der Waals surface area (Å²) < 4.78 is 0. The van der Waals surface area contributed by atoms with Gasteiger partial charge in [0.25, 0.3) is 0 Å². The Hall–Kier alpha value is -2.66. The molecule has 1 fully saturated rings. The number of carbonyl (C=O) groups is 2. The number of carboxylic acid groups (broad SMARTS) is 1. The van der Waals surface area contributed by atoms with Gasteiger partial charge in [-0.05, 0) is 47.9 Å². The number of likely N-dealkylation sites (tertiary alicyclic amines) is 1. The van der Waals surface area contributed by atoms with Crippen LogP contribution in [0.4, 0.5) is 0 Å². The first-order valence-corrected chi connectivity index (χ1v) is 9.98. The van der Waals surface area contributed by atoms with Gasteiger partial charge >= 0.3 is 5.97 Å². The summed E-state index contributed by atoms with van der Waals surface area (Å²) in [5.41, 5.74) is 3.96. The monoisotopic (exact) mass is 378 g/mol. The normalized spacial score (nSPS) is 19.4. The van der Waals surface area contributed by atoms with E-state index in [4.69, 9.17) is 0 Å². The van der Waals surface area contributed by atoms with E-state index in [2.05, 4.69) is 29.2 Å². The van der Waals surface area contributed by atoms with Crippen molar-refractivity contribution in [2.45, 2.75) is 25.8 Å². The van der Waals surface area contributed by atoms with Gasteiger partial charge in [-0.2, -0.15) is 0 Å². The molecule has 4 rings (SSSR count). The van der Waals surface area contributed by atoms with Crippen LogP contribution >= 0.6 is 0 Å². The number of rotatable bonds is 5. The molecule has 0 aliphatic carbocycles. The molecule has 0 saturated carbocycles. The van der Waals surface area contributed by atoms with Crippen LogP contribution in [0.2, 0.25) is 0 Å². The van der Waals surface area contributed by atoms with Crippen LogP contribution in [0.5, 0.6) is 0 Å². The van der Waals surface area contributed by atoms with Gasteiger partial charge in [0.1, 0.15) is 0 Å². The zero-order valence-electron chi connectivity index (χ0n) is 16.0. The van der Waals surface area contributed by atoms with Crippen molar-refractivity contribution in [2.24, 2.45) is 5.92 Å². The minimum atomic E-state index is -0.882. The molecular formula is C23H26N2O3. The van der Waals surface area contributed by atoms with E-state index in [0.29, 0.717) is 24.4 Å². The van der Waals surface area contributed by atoms with E-state index < -0.39 is 5.97 Å². The van der Waals surface area contributed by atoms with Gasteiger partial charge in [-0.1, -0.05) is 42.5 Å². The molecule has 1 saturated heterocycles. The van der Waals surface area contributed by atoms with E-state index in [1.165, 1.54) is 11.1 Å². The Morgan fingerprint density at radius 1 is 1.00 bits per heavy atom. The summed E-state index contributed by atoms with van der Waals surface area (Å²) in [6.45, 7) is 3.71. The van der Waals surface area contributed by atoms with Crippen molar-refractivity contribution in [2.75, 3.05) is 26.2 Å². The summed E-state index contributed by atoms with van der Waals surface area (Å²) >= 11 is 0. The molecule has 2 aliphatic heterocycles. The van der Waals surface area contributed by atoms with E-state index >= 15 is 0 Å². The van der Waals surface area contributed by atoms with Crippen LogP contribution in [0.3, 0.4) is 0 Å². The highest BCUT2D eigenvalue weighted by atomic mass is 16.4. The third kappa shape index (κ3) is 4.09. The molecule has 28 heavy (non-hydrogen) atoms. The van der Waals surface area contributed by atoms with Crippen LogP contribution in [-0.2, 0) is 24.2 Å². The highest BCUT2D eigenvalue weighted by Gasteiger charge is 2.29. The third-order valence-electron chi connectivity index (χ3n) is 5.96. The first-order valence-electron chi connectivity index (χ1n) is 9.98. The summed E-state index contributed by atoms with van der Waals surface area (Å²) in [5.74, 6) is -0.369. The quantitative estimate of drug-likeness (QED) is 0.869. The highest BCUT2D eigenvalue weighted by Crippen LogP contribution is 2.24. The fraction of sp³-hybridized carbons (Fsp3) is 0.391. The van der Waals surface area contributed by atoms with Gasteiger partial charge in [-0.25, -0.2) is 4.79 Å². The summed E-state index contributed by atoms with van der Waals surface area (Å²) in [6.07, 6.45) is 2.64. The van der Waals surface area contributed by atoms with Crippen LogP contribution in [0.1, 0.15) is 33.5 Å². The maximum absolute atomic E-state index is 12.8. The smallest absolute Gasteiger partial charge is 0.335 e. The van der Waals surface area contributed by atoms with E-state index in [0.717, 1.165) is 44.6 Å². The standard InChI is InChI=1S/C23H26N2O3/c26-22(16-24-11-10-18-5-1-2-7-20(18)15-24)25-12-9-17(14-25)13-19-6-3-4-8-21(19)23(27)28/h1-8,17H,9-16H2,(H,27,28). The van der Waals surface area contributed by atoms with Gasteiger partial charge in [-0.15, -0.1) is 0 Å². The number of hydrogen-bond acceptors (Lipinski definition) is 3. The van der Waals surface area contributed by atoms with Gasteiger partial charge in [0.2, 0.25) is 5.91 Å². The van der Waals surface area contributed by atoms with Crippen LogP contribution in [0, 0.1) is 5.92 Å². The zero-order valence-corrected chi connectivity index (χ0v) is 16.0. The van der Waals surface area contributed by atoms with Crippen LogP contribution < -0.4 is 0 Å². The molecule has 2 heterocycles. The summed E-state index contributed by atoms with van der Waals surface area (Å²) in [5, 5.41) is 9.36. The SMILES string of the molecule is O=C(O)c1ccccc1CC1CCN(C(=O)CN2CCc3ccccc3C2)C1. The molecule has 146 valence electrons. The number of carbonyl (C=O) groups excluding carboxylic acids is 1. The molecule has 2 aromatic rings. The first kappa shape index (κ1) is 18.7. The number of carboxylic acids is 1. The molecule has 1 unspecified atom stereocenters. The molecular weight excluding hydrogens is 352 g/mol. The van der Waals surface area contributed by atoms with Crippen molar-refractivity contribution in [3.05, 3.63) is 70.8 Å². The predicted molar refractivity (Wildman–Crippen MR) is 107 cm³/mol. The number of hydrogen-bond donors (Lipinski definition) is 1. The fourth-order valence-electron chi connectivity index (χ4n) is 4.42. The minimum absolute atomic E-state index is 0.188. The Labute approximate surface area is 165 Å². The molecule has 5 heteroatoms. The van der Waals surface area contributed by atoms with Gasteiger partial charge in [0.15, 0.2) is 0 Å². The van der Waals surface area contributed by atoms with Gasteiger partial charge in [-0.3, -0.25) is 9.69 Å². The highest BCUT2D eigenvalue weighted by molar-refractivity contribution is 5.89. The second kappa shape index (κ2) is 8.15. The lowest BCUT2D eigenvalue weighted by atomic mass is 9.95. The number of aromatic carboxylic acids is 1. The lowest BCUT2D eigenvalue weighted by Crippen LogP contribution is -2.41. The molecule has 2 aliphatic rings. The van der Waals surface area contributed by atoms with Crippen LogP contribution in [-0.4, -0.2) is 53.0 Å². The molecule has 0 aromatic heterocycles. The number of nitrogens with zero attached hydrogens (tertiary/aromatic N) is 2. The Morgan fingerprint density at radius 3 is 2.57 bits per heavy atom. The Morgan fingerprint density at radius 2 is 1.75 bits per heavy atom. The van der Waals surface area contributed by atoms with E-state index in [-0.39, 0.29) is 5.91 Å². The summed E-state index contributed by atoms with van der Waals surface area (Å²) in [7, 11) is 0. The third-order valence-corrected chi connectivity index (χ3v) is 5.96. The topological polar surface area (TPSA) is 60.9 Å². The van der Waals surface area contributed by atoms with Crippen molar-refractivity contribution >= 4 is 11.9 Å². The molecule has 0 bridgehead atoms. The molecule has 2 aromatic carbocycles. The maximum atomic E-state index is 12.8. The van der Waals surface area contributed by atoms with Gasteiger partial charge in [0.05, 0.1) is 12.1 Å². The fourth-order valence-corrected chi connectivity index (χ4v) is 4.42. The number of benzene rings is 2. The predicted octanol–water partition coefficient (Wildman–Crippen LogP) is 2.83. The molecule has 1 atom stereocenters. The second-order valence-corrected chi connectivity index (χ2v) is 7.89. The van der Waals surface area contributed by atoms with E-state index in [1.807, 2.05) is 17.0 Å². The Bertz CT molecular complexity index is 880. The lowest BCUT2D eigenvalue weighted by Gasteiger charge is -2.29. The molecule has 1 N–H and O–H groups in total. The molecule has 0 radical (unpaired) electrons. The van der Waals surface area contributed by atoms with Crippen molar-refractivity contribution < 1.29 is 14.7 Å². The zero-order chi connectivity index (χ0) is 19.5. The van der Waals surface area contributed by atoms with Crippen molar-refractivity contribution in [3.63, 3.8) is 0 Å². The second-order valence-electron chi connectivity index (χ2n) is 7.89. The Kier molecular flexibility index (Phi) is 5.44. The lowest BCUT2D eigenvalue weighted by molar-refractivity contribution is -0.131. The van der Waals surface area contributed by atoms with Gasteiger partial charge in [0, 0.05) is 26.2 Å². The van der Waals surface area contributed by atoms with E-state index in [9.17, 15) is 14.7 Å². The minimum Gasteiger partial charge on any atom is -0.478 e. The average molecular weight is 378 g/mol. The van der Waals surface area contributed by atoms with Crippen molar-refractivity contribution in [1.29, 1.82) is 0 Å². The average Bonchev–Trinajstić information content (AvgIpc) is 3.17. The van der Waals surface area contributed by atoms with Crippen LogP contribution in [0.25, 0.3) is 0 Å². The summed E-state index contributed by atoms with van der Waals surface area (Å²) in [4.78, 5) is 28.4. The van der Waals surface area contributed by atoms with Crippen molar-refractivity contribution in [3.8, 4) is 0 Å². The molecule has 0 spiro atoms. The number of fused-ring (bicyclic) bond motifs is 1. The first-order chi connectivity index (χ1) is 13.6. The van der Waals surface area contributed by atoms with Gasteiger partial charge < -0.3 is 10.0 Å². The molecule has 1 amide bonds. The maximum Gasteiger partial charge on any atom is 0.335 e. The van der Waals surface area contributed by atoms with Crippen LogP contribution in [0.15, 0.2) is 48.5 Å². The molecule has 5 nitrogen and oxygen atoms in total. The summed E-state index contributed by atoms with van der Waals surface area (Å²) in [6, 6.07) is 15.6. The number of amides is 1. The van der Waals surface area contributed by atoms with Crippen molar-refractivity contribution in [1.82, 2.24) is 9.80 Å². The Balaban J connectivity index is 1.32.